The Labute approximate surface area is 219 Å². The molecular formula is C23H41N5O5SSi2. The van der Waals surface area contributed by atoms with Crippen molar-refractivity contribution in [3.05, 3.63) is 6.33 Å². The van der Waals surface area contributed by atoms with E-state index in [9.17, 15) is 4.55 Å². The highest BCUT2D eigenvalue weighted by Crippen LogP contribution is 2.48. The van der Waals surface area contributed by atoms with Crippen LogP contribution in [-0.2, 0) is 28.9 Å². The third-order valence-corrected chi connectivity index (χ3v) is 18.7. The molecule has 2 fully saturated rings. The standard InChI is InChI=1S/C23H41N5O5SSi2/c1-13(2)35(14(3)4)30-11-18-17(32-36(33-35,15(5)6)16(7)8)10-19(31-18)28-22-20(21(24)25-12-26-22)23(27-28)34(9)29/h12-19H,10-11H2,1-9H3,(H2,24,25,26)/t17-,18-,19+,34-/m0/s1. The maximum absolute atomic E-state index is 12.4. The molecular weight excluding hydrogens is 515 g/mol. The van der Waals surface area contributed by atoms with Crippen LogP contribution in [0.4, 0.5) is 5.82 Å². The maximum Gasteiger partial charge on any atom is 0.335 e. The molecule has 13 heteroatoms. The van der Waals surface area contributed by atoms with Crippen molar-refractivity contribution >= 4 is 45.1 Å². The normalized spacial score (nSPS) is 27.1. The quantitative estimate of drug-likeness (QED) is 0.407. The molecule has 4 rings (SSSR count). The first-order chi connectivity index (χ1) is 16.8. The third-order valence-electron chi connectivity index (χ3n) is 7.56. The largest absolute Gasteiger partial charge is 0.610 e. The van der Waals surface area contributed by atoms with Gasteiger partial charge in [-0.2, -0.15) is 0 Å². The summed E-state index contributed by atoms with van der Waals surface area (Å²) in [5.41, 5.74) is 7.61. The fraction of sp³-hybridized carbons (Fsp3) is 0.783. The molecule has 2 aliphatic rings. The minimum absolute atomic E-state index is 0.216. The van der Waals surface area contributed by atoms with Crippen LogP contribution in [0.25, 0.3) is 11.0 Å². The zero-order valence-electron chi connectivity index (χ0n) is 22.8. The Morgan fingerprint density at radius 1 is 1.00 bits per heavy atom. The van der Waals surface area contributed by atoms with Gasteiger partial charge in [0.15, 0.2) is 11.9 Å². The molecule has 4 atom stereocenters. The zero-order chi connectivity index (χ0) is 26.6. The van der Waals surface area contributed by atoms with Crippen LogP contribution < -0.4 is 5.73 Å². The number of hydrogen-bond acceptors (Lipinski definition) is 9. The van der Waals surface area contributed by atoms with Gasteiger partial charge in [-0.15, -0.1) is 5.10 Å². The van der Waals surface area contributed by atoms with Crippen molar-refractivity contribution in [1.82, 2.24) is 19.7 Å². The number of anilines is 1. The number of aromatic nitrogens is 4. The SMILES string of the molecule is CC(C)[Si]1(C(C)C)OC[C@@H]2O[C@@H](n3nc([S@+](C)[O-])c4c(N)ncnc43)C[C@@H]2O[Si](C(C)C)(C(C)C)O1. The number of fused-ring (bicyclic) bond motifs is 2. The van der Waals surface area contributed by atoms with Crippen LogP contribution in [0.1, 0.15) is 68.0 Å². The lowest BCUT2D eigenvalue weighted by molar-refractivity contribution is -0.0577. The Hall–Kier alpha value is -1.07. The van der Waals surface area contributed by atoms with E-state index < -0.39 is 34.5 Å². The first-order valence-electron chi connectivity index (χ1n) is 12.8. The summed E-state index contributed by atoms with van der Waals surface area (Å²) in [6, 6.07) is 0. The molecule has 202 valence electrons. The van der Waals surface area contributed by atoms with Crippen molar-refractivity contribution in [1.29, 1.82) is 0 Å². The van der Waals surface area contributed by atoms with E-state index in [0.717, 1.165) is 0 Å². The van der Waals surface area contributed by atoms with Crippen molar-refractivity contribution in [2.75, 3.05) is 18.6 Å². The number of hydrogen-bond donors (Lipinski definition) is 1. The highest BCUT2D eigenvalue weighted by molar-refractivity contribution is 7.90. The lowest BCUT2D eigenvalue weighted by Gasteiger charge is -2.51. The maximum atomic E-state index is 12.4. The van der Waals surface area contributed by atoms with Crippen molar-refractivity contribution in [2.24, 2.45) is 0 Å². The van der Waals surface area contributed by atoms with E-state index in [2.05, 4.69) is 70.5 Å². The fourth-order valence-corrected chi connectivity index (χ4v) is 17.6. The first-order valence-corrected chi connectivity index (χ1v) is 18.3. The fourth-order valence-electron chi connectivity index (χ4n) is 5.65. The lowest BCUT2D eigenvalue weighted by Crippen LogP contribution is -2.65. The molecule has 0 spiro atoms. The molecule has 36 heavy (non-hydrogen) atoms. The molecule has 0 radical (unpaired) electrons. The molecule has 4 heterocycles. The second-order valence-corrected chi connectivity index (χ2v) is 21.3. The number of rotatable bonds is 6. The molecule has 2 aliphatic heterocycles. The van der Waals surface area contributed by atoms with Crippen LogP contribution in [0.15, 0.2) is 11.4 Å². The topological polar surface area (TPSA) is 130 Å². The summed E-state index contributed by atoms with van der Waals surface area (Å²) in [6.07, 6.45) is 2.57. The number of nitrogen functional groups attached to an aromatic ring is 1. The monoisotopic (exact) mass is 555 g/mol. The van der Waals surface area contributed by atoms with E-state index in [1.165, 1.54) is 6.33 Å². The van der Waals surface area contributed by atoms with Gasteiger partial charge in [0.05, 0.1) is 12.7 Å². The summed E-state index contributed by atoms with van der Waals surface area (Å²) >= 11 is -1.36. The highest BCUT2D eigenvalue weighted by Gasteiger charge is 2.60. The average molecular weight is 556 g/mol. The van der Waals surface area contributed by atoms with E-state index in [0.29, 0.717) is 29.1 Å². The minimum atomic E-state index is -2.74. The Kier molecular flexibility index (Phi) is 7.96. The van der Waals surface area contributed by atoms with Gasteiger partial charge in [-0.05, 0) is 22.2 Å². The molecule has 10 nitrogen and oxygen atoms in total. The van der Waals surface area contributed by atoms with Crippen LogP contribution in [0.2, 0.25) is 22.2 Å². The van der Waals surface area contributed by atoms with Gasteiger partial charge in [0, 0.05) is 17.6 Å². The molecule has 2 saturated heterocycles. The van der Waals surface area contributed by atoms with Gasteiger partial charge in [0.1, 0.15) is 29.9 Å². The second-order valence-electron chi connectivity index (χ2n) is 11.2. The number of ether oxygens (including phenoxy) is 1. The predicted octanol–water partition coefficient (Wildman–Crippen LogP) is 4.39. The van der Waals surface area contributed by atoms with Crippen LogP contribution >= 0.6 is 0 Å². The van der Waals surface area contributed by atoms with Crippen LogP contribution in [-0.4, -0.2) is 66.5 Å². The summed E-state index contributed by atoms with van der Waals surface area (Å²) in [7, 11) is -5.39. The molecule has 2 aromatic heterocycles. The number of nitrogens with two attached hydrogens (primary N) is 1. The zero-order valence-corrected chi connectivity index (χ0v) is 25.7. The van der Waals surface area contributed by atoms with Crippen molar-refractivity contribution in [2.45, 2.75) is 107 Å². The van der Waals surface area contributed by atoms with E-state index >= 15 is 0 Å². The van der Waals surface area contributed by atoms with Gasteiger partial charge in [0.25, 0.3) is 5.03 Å². The van der Waals surface area contributed by atoms with Gasteiger partial charge in [-0.25, -0.2) is 14.6 Å². The molecule has 0 aromatic carbocycles. The Bertz CT molecular complexity index is 1070. The Morgan fingerprint density at radius 3 is 2.17 bits per heavy atom. The molecule has 0 aliphatic carbocycles. The minimum Gasteiger partial charge on any atom is -0.610 e. The summed E-state index contributed by atoms with van der Waals surface area (Å²) < 4.78 is 41.9. The predicted molar refractivity (Wildman–Crippen MR) is 144 cm³/mol. The lowest BCUT2D eigenvalue weighted by atomic mass is 10.2. The highest BCUT2D eigenvalue weighted by atomic mass is 32.2. The summed E-state index contributed by atoms with van der Waals surface area (Å²) in [4.78, 5) is 8.49. The molecule has 0 amide bonds. The van der Waals surface area contributed by atoms with E-state index in [4.69, 9.17) is 23.4 Å². The Morgan fingerprint density at radius 2 is 1.61 bits per heavy atom. The van der Waals surface area contributed by atoms with Gasteiger partial charge in [-0.1, -0.05) is 55.4 Å². The van der Waals surface area contributed by atoms with Crippen LogP contribution in [0, 0.1) is 0 Å². The van der Waals surface area contributed by atoms with Crippen molar-refractivity contribution in [3.63, 3.8) is 0 Å². The van der Waals surface area contributed by atoms with Crippen LogP contribution in [0.3, 0.4) is 0 Å². The van der Waals surface area contributed by atoms with Gasteiger partial charge < -0.3 is 28.0 Å². The smallest absolute Gasteiger partial charge is 0.335 e. The van der Waals surface area contributed by atoms with Crippen LogP contribution in [0.5, 0.6) is 0 Å². The van der Waals surface area contributed by atoms with E-state index in [1.54, 1.807) is 10.9 Å². The molecule has 0 saturated carbocycles. The second kappa shape index (κ2) is 10.2. The summed E-state index contributed by atoms with van der Waals surface area (Å²) in [6.45, 7) is 18.0. The van der Waals surface area contributed by atoms with E-state index in [-0.39, 0.29) is 40.2 Å². The number of nitrogens with zero attached hydrogens (tertiary/aromatic N) is 4. The van der Waals surface area contributed by atoms with Crippen molar-refractivity contribution < 1.29 is 22.3 Å². The van der Waals surface area contributed by atoms with Gasteiger partial charge >= 0.3 is 17.1 Å². The Balaban J connectivity index is 1.76. The summed E-state index contributed by atoms with van der Waals surface area (Å²) in [5, 5.41) is 5.49. The molecule has 0 bridgehead atoms. The van der Waals surface area contributed by atoms with Gasteiger partial charge in [0.2, 0.25) is 0 Å². The van der Waals surface area contributed by atoms with Gasteiger partial charge in [-0.3, -0.25) is 0 Å². The van der Waals surface area contributed by atoms with Crippen molar-refractivity contribution in [3.8, 4) is 0 Å². The molecule has 2 aromatic rings. The van der Waals surface area contributed by atoms with E-state index in [1.807, 2.05) is 0 Å². The molecule has 2 N–H and O–H groups in total. The average Bonchev–Trinajstić information content (AvgIpc) is 3.35. The first kappa shape index (κ1) is 28.0. The summed E-state index contributed by atoms with van der Waals surface area (Å²) in [5.74, 6) is 0.254. The molecule has 0 unspecified atom stereocenters. The third kappa shape index (κ3) is 4.55.